The number of carbonyl (C=O) groups is 1. The molecule has 106 valence electrons. The minimum absolute atomic E-state index is 0.0242. The van der Waals surface area contributed by atoms with Crippen molar-refractivity contribution in [2.24, 2.45) is 5.92 Å². The molecule has 6 nitrogen and oxygen atoms in total. The molecule has 1 fully saturated rings. The van der Waals surface area contributed by atoms with Crippen LogP contribution in [0.15, 0.2) is 23.1 Å². The number of carboxylic acids is 1. The van der Waals surface area contributed by atoms with Crippen LogP contribution >= 0.6 is 11.6 Å². The SMILES string of the molecule is N#Cc1ccc(Cl)cc1S(=O)(=O)N1CC(CC(=O)O)C1. The zero-order valence-corrected chi connectivity index (χ0v) is 11.9. The van der Waals surface area contributed by atoms with Gasteiger partial charge in [-0.15, -0.1) is 0 Å². The fraction of sp³-hybridized carbons (Fsp3) is 0.333. The lowest BCUT2D eigenvalue weighted by molar-refractivity contribution is -0.139. The molecule has 0 saturated carbocycles. The summed E-state index contributed by atoms with van der Waals surface area (Å²) in [5.74, 6) is -1.14. The fourth-order valence-electron chi connectivity index (χ4n) is 2.04. The van der Waals surface area contributed by atoms with E-state index in [9.17, 15) is 13.2 Å². The predicted molar refractivity (Wildman–Crippen MR) is 70.7 cm³/mol. The third kappa shape index (κ3) is 2.77. The molecule has 0 radical (unpaired) electrons. The van der Waals surface area contributed by atoms with Crippen LogP contribution in [-0.2, 0) is 14.8 Å². The first kappa shape index (κ1) is 14.8. The number of aliphatic carboxylic acids is 1. The molecule has 0 spiro atoms. The van der Waals surface area contributed by atoms with Crippen molar-refractivity contribution in [2.45, 2.75) is 11.3 Å². The Morgan fingerprint density at radius 2 is 2.15 bits per heavy atom. The topological polar surface area (TPSA) is 98.5 Å². The highest BCUT2D eigenvalue weighted by Crippen LogP contribution is 2.30. The molecule has 1 saturated heterocycles. The van der Waals surface area contributed by atoms with E-state index in [1.807, 2.05) is 6.07 Å². The Morgan fingerprint density at radius 1 is 1.50 bits per heavy atom. The number of nitrogens with zero attached hydrogens (tertiary/aromatic N) is 2. The average molecular weight is 315 g/mol. The van der Waals surface area contributed by atoms with E-state index in [0.29, 0.717) is 0 Å². The Labute approximate surface area is 121 Å². The van der Waals surface area contributed by atoms with Gasteiger partial charge >= 0.3 is 5.97 Å². The molecule has 1 N–H and O–H groups in total. The van der Waals surface area contributed by atoms with E-state index in [-0.39, 0.29) is 40.9 Å². The van der Waals surface area contributed by atoms with Crippen LogP contribution in [-0.4, -0.2) is 36.9 Å². The molecule has 1 aromatic rings. The van der Waals surface area contributed by atoms with E-state index in [4.69, 9.17) is 22.0 Å². The van der Waals surface area contributed by atoms with Crippen LogP contribution < -0.4 is 0 Å². The first-order valence-corrected chi connectivity index (χ1v) is 7.58. The first-order valence-electron chi connectivity index (χ1n) is 5.76. The Kier molecular flexibility index (Phi) is 3.99. The highest BCUT2D eigenvalue weighted by molar-refractivity contribution is 7.89. The number of carboxylic acid groups (broad SMARTS) is 1. The second kappa shape index (κ2) is 5.40. The molecule has 0 amide bonds. The highest BCUT2D eigenvalue weighted by Gasteiger charge is 2.38. The monoisotopic (exact) mass is 314 g/mol. The molecule has 2 rings (SSSR count). The highest BCUT2D eigenvalue weighted by atomic mass is 35.5. The third-order valence-electron chi connectivity index (χ3n) is 3.07. The molecule has 0 atom stereocenters. The van der Waals surface area contributed by atoms with Crippen molar-refractivity contribution in [1.29, 1.82) is 5.26 Å². The number of hydrogen-bond donors (Lipinski definition) is 1. The predicted octanol–water partition coefficient (Wildman–Crippen LogP) is 1.31. The van der Waals surface area contributed by atoms with Gasteiger partial charge in [0.05, 0.1) is 12.0 Å². The fourth-order valence-corrected chi connectivity index (χ4v) is 4.03. The lowest BCUT2D eigenvalue weighted by Gasteiger charge is -2.37. The van der Waals surface area contributed by atoms with Gasteiger partial charge in [0.15, 0.2) is 0 Å². The average Bonchev–Trinajstić information content (AvgIpc) is 2.32. The summed E-state index contributed by atoms with van der Waals surface area (Å²) in [7, 11) is -3.80. The lowest BCUT2D eigenvalue weighted by Crippen LogP contribution is -2.50. The van der Waals surface area contributed by atoms with Crippen LogP contribution in [0.3, 0.4) is 0 Å². The number of nitriles is 1. The second-order valence-corrected chi connectivity index (χ2v) is 6.88. The summed E-state index contributed by atoms with van der Waals surface area (Å²) in [5.41, 5.74) is 0.0242. The molecule has 1 aliphatic rings. The Morgan fingerprint density at radius 3 is 2.70 bits per heavy atom. The largest absolute Gasteiger partial charge is 0.481 e. The van der Waals surface area contributed by atoms with E-state index in [1.165, 1.54) is 18.2 Å². The number of benzene rings is 1. The molecule has 0 aromatic heterocycles. The second-order valence-electron chi connectivity index (χ2n) is 4.54. The third-order valence-corrected chi connectivity index (χ3v) is 5.18. The van der Waals surface area contributed by atoms with E-state index in [0.717, 1.165) is 4.31 Å². The van der Waals surface area contributed by atoms with Crippen molar-refractivity contribution in [2.75, 3.05) is 13.1 Å². The van der Waals surface area contributed by atoms with Gasteiger partial charge in [-0.1, -0.05) is 11.6 Å². The Hall–Kier alpha value is -1.62. The molecule has 1 aromatic carbocycles. The van der Waals surface area contributed by atoms with Gasteiger partial charge in [0.25, 0.3) is 0 Å². The summed E-state index contributed by atoms with van der Waals surface area (Å²) in [6, 6.07) is 5.85. The maximum Gasteiger partial charge on any atom is 0.303 e. The molecule has 0 unspecified atom stereocenters. The van der Waals surface area contributed by atoms with Crippen LogP contribution in [0.2, 0.25) is 5.02 Å². The molecular weight excluding hydrogens is 304 g/mol. The first-order chi connectivity index (χ1) is 9.34. The number of halogens is 1. The van der Waals surface area contributed by atoms with E-state index < -0.39 is 16.0 Å². The molecule has 20 heavy (non-hydrogen) atoms. The molecule has 0 aliphatic carbocycles. The Bertz CT molecular complexity index is 690. The van der Waals surface area contributed by atoms with Gasteiger partial charge in [-0.05, 0) is 24.1 Å². The molecular formula is C12H11ClN2O4S. The molecule has 0 bridgehead atoms. The van der Waals surface area contributed by atoms with Crippen molar-refractivity contribution in [1.82, 2.24) is 4.31 Å². The van der Waals surface area contributed by atoms with Gasteiger partial charge in [0.2, 0.25) is 10.0 Å². The smallest absolute Gasteiger partial charge is 0.303 e. The van der Waals surface area contributed by atoms with E-state index in [1.54, 1.807) is 0 Å². The number of rotatable bonds is 4. The van der Waals surface area contributed by atoms with E-state index >= 15 is 0 Å². The van der Waals surface area contributed by atoms with Crippen LogP contribution in [0.1, 0.15) is 12.0 Å². The standard InChI is InChI=1S/C12H11ClN2O4S/c13-10-2-1-9(5-14)11(4-10)20(18,19)15-6-8(7-15)3-12(16)17/h1-2,4,8H,3,6-7H2,(H,16,17). The van der Waals surface area contributed by atoms with Gasteiger partial charge in [-0.3, -0.25) is 4.79 Å². The minimum atomic E-state index is -3.80. The summed E-state index contributed by atoms with van der Waals surface area (Å²) < 4.78 is 25.9. The van der Waals surface area contributed by atoms with Crippen LogP contribution in [0, 0.1) is 17.2 Å². The van der Waals surface area contributed by atoms with Crippen molar-refractivity contribution in [3.8, 4) is 6.07 Å². The summed E-state index contributed by atoms with van der Waals surface area (Å²) in [6.07, 6.45) is -0.0628. The maximum absolute atomic E-state index is 12.3. The van der Waals surface area contributed by atoms with Crippen LogP contribution in [0.4, 0.5) is 0 Å². The normalized spacial score (nSPS) is 16.4. The van der Waals surface area contributed by atoms with E-state index in [2.05, 4.69) is 0 Å². The molecule has 1 aliphatic heterocycles. The zero-order valence-electron chi connectivity index (χ0n) is 10.3. The summed E-state index contributed by atoms with van der Waals surface area (Å²) in [4.78, 5) is 10.4. The van der Waals surface area contributed by atoms with Crippen LogP contribution in [0.25, 0.3) is 0 Å². The number of sulfonamides is 1. The quantitative estimate of drug-likeness (QED) is 0.903. The summed E-state index contributed by atoms with van der Waals surface area (Å²) >= 11 is 5.77. The van der Waals surface area contributed by atoms with Crippen molar-refractivity contribution < 1.29 is 18.3 Å². The van der Waals surface area contributed by atoms with Gasteiger partial charge in [-0.2, -0.15) is 9.57 Å². The van der Waals surface area contributed by atoms with Gasteiger partial charge < -0.3 is 5.11 Å². The van der Waals surface area contributed by atoms with Crippen molar-refractivity contribution in [3.05, 3.63) is 28.8 Å². The molecule has 8 heteroatoms. The number of hydrogen-bond acceptors (Lipinski definition) is 4. The van der Waals surface area contributed by atoms with Crippen LogP contribution in [0.5, 0.6) is 0 Å². The summed E-state index contributed by atoms with van der Waals surface area (Å²) in [6.45, 7) is 0.290. The summed E-state index contributed by atoms with van der Waals surface area (Å²) in [5, 5.41) is 17.8. The Balaban J connectivity index is 2.23. The van der Waals surface area contributed by atoms with Gasteiger partial charge in [-0.25, -0.2) is 8.42 Å². The van der Waals surface area contributed by atoms with Crippen molar-refractivity contribution >= 4 is 27.6 Å². The minimum Gasteiger partial charge on any atom is -0.481 e. The zero-order chi connectivity index (χ0) is 14.9. The lowest BCUT2D eigenvalue weighted by atomic mass is 10.00. The molecule has 1 heterocycles. The van der Waals surface area contributed by atoms with Crippen molar-refractivity contribution in [3.63, 3.8) is 0 Å². The maximum atomic E-state index is 12.3. The van der Waals surface area contributed by atoms with Gasteiger partial charge in [0.1, 0.15) is 11.0 Å². The van der Waals surface area contributed by atoms with Gasteiger partial charge in [0, 0.05) is 18.1 Å².